The van der Waals surface area contributed by atoms with Crippen LogP contribution in [0.4, 0.5) is 5.69 Å². The second kappa shape index (κ2) is 11.4. The van der Waals surface area contributed by atoms with Gasteiger partial charge in [0.25, 0.3) is 0 Å². The predicted octanol–water partition coefficient (Wildman–Crippen LogP) is 4.44. The maximum absolute atomic E-state index is 13.7. The molecule has 0 heterocycles. The average molecular weight is 522 g/mol. The van der Waals surface area contributed by atoms with Crippen molar-refractivity contribution in [3.05, 3.63) is 64.2 Å². The molecular formula is C26H36ClN3O4S. The smallest absolute Gasteiger partial charge is 0.244 e. The summed E-state index contributed by atoms with van der Waals surface area (Å²) < 4.78 is 26.6. The van der Waals surface area contributed by atoms with Crippen LogP contribution in [0.25, 0.3) is 0 Å². The fourth-order valence-electron chi connectivity index (χ4n) is 3.84. The lowest BCUT2D eigenvalue weighted by molar-refractivity contribution is -0.141. The molecule has 35 heavy (non-hydrogen) atoms. The Morgan fingerprint density at radius 3 is 2.26 bits per heavy atom. The van der Waals surface area contributed by atoms with E-state index >= 15 is 0 Å². The molecule has 7 nitrogen and oxygen atoms in total. The molecule has 192 valence electrons. The molecule has 0 aliphatic carbocycles. The van der Waals surface area contributed by atoms with E-state index in [0.717, 1.165) is 21.7 Å². The fourth-order valence-corrected chi connectivity index (χ4v) is 4.91. The highest BCUT2D eigenvalue weighted by Crippen LogP contribution is 2.28. The van der Waals surface area contributed by atoms with Crippen LogP contribution < -0.4 is 9.62 Å². The van der Waals surface area contributed by atoms with Crippen LogP contribution in [0.5, 0.6) is 0 Å². The summed E-state index contributed by atoms with van der Waals surface area (Å²) in [4.78, 5) is 28.4. The molecule has 2 rings (SSSR count). The van der Waals surface area contributed by atoms with Crippen LogP contribution in [-0.4, -0.2) is 49.5 Å². The minimum atomic E-state index is -3.82. The quantitative estimate of drug-likeness (QED) is 0.528. The van der Waals surface area contributed by atoms with Gasteiger partial charge < -0.3 is 10.2 Å². The first kappa shape index (κ1) is 28.7. The molecular weight excluding hydrogens is 486 g/mol. The van der Waals surface area contributed by atoms with Crippen molar-refractivity contribution in [2.75, 3.05) is 17.1 Å². The Kier molecular flexibility index (Phi) is 9.36. The molecule has 0 saturated heterocycles. The first-order chi connectivity index (χ1) is 16.1. The lowest BCUT2D eigenvalue weighted by atomic mass is 10.0. The number of carbonyl (C=O) groups is 2. The summed E-state index contributed by atoms with van der Waals surface area (Å²) in [5.41, 5.74) is 2.27. The van der Waals surface area contributed by atoms with Gasteiger partial charge in [0.2, 0.25) is 21.8 Å². The Balaban J connectivity index is 2.51. The molecule has 2 aromatic rings. The molecule has 0 fully saturated rings. The Bertz CT molecular complexity index is 1180. The van der Waals surface area contributed by atoms with Gasteiger partial charge in [-0.1, -0.05) is 54.4 Å². The van der Waals surface area contributed by atoms with Crippen LogP contribution in [0, 0.1) is 13.8 Å². The summed E-state index contributed by atoms with van der Waals surface area (Å²) in [5.74, 6) is -0.766. The molecule has 0 aliphatic heterocycles. The minimum Gasteiger partial charge on any atom is -0.350 e. The first-order valence-corrected chi connectivity index (χ1v) is 13.8. The summed E-state index contributed by atoms with van der Waals surface area (Å²) in [7, 11) is -3.82. The van der Waals surface area contributed by atoms with Crippen molar-refractivity contribution in [1.82, 2.24) is 10.2 Å². The van der Waals surface area contributed by atoms with E-state index in [1.54, 1.807) is 25.1 Å². The topological polar surface area (TPSA) is 86.8 Å². The number of hydrogen-bond acceptors (Lipinski definition) is 4. The molecule has 2 amide bonds. The molecule has 0 saturated carbocycles. The van der Waals surface area contributed by atoms with E-state index in [0.29, 0.717) is 22.7 Å². The molecule has 0 aromatic heterocycles. The lowest BCUT2D eigenvalue weighted by Crippen LogP contribution is -2.55. The number of benzene rings is 2. The van der Waals surface area contributed by atoms with Gasteiger partial charge in [-0.05, 0) is 64.3 Å². The van der Waals surface area contributed by atoms with E-state index in [2.05, 4.69) is 5.32 Å². The number of nitrogens with zero attached hydrogens (tertiary/aromatic N) is 2. The van der Waals surface area contributed by atoms with Gasteiger partial charge in [-0.15, -0.1) is 0 Å². The van der Waals surface area contributed by atoms with Gasteiger partial charge in [0.15, 0.2) is 0 Å². The monoisotopic (exact) mass is 521 g/mol. The van der Waals surface area contributed by atoms with Gasteiger partial charge in [-0.25, -0.2) is 8.42 Å². The number of carbonyl (C=O) groups excluding carboxylic acids is 2. The summed E-state index contributed by atoms with van der Waals surface area (Å²) in [6.45, 7) is 10.8. The second-order valence-corrected chi connectivity index (χ2v) is 12.1. The number of amides is 2. The zero-order chi connectivity index (χ0) is 26.6. The van der Waals surface area contributed by atoms with Gasteiger partial charge in [-0.3, -0.25) is 13.9 Å². The second-order valence-electron chi connectivity index (χ2n) is 9.83. The molecule has 9 heteroatoms. The average Bonchev–Trinajstić information content (AvgIpc) is 2.72. The predicted molar refractivity (Wildman–Crippen MR) is 142 cm³/mol. The van der Waals surface area contributed by atoms with Crippen LogP contribution >= 0.6 is 11.6 Å². The van der Waals surface area contributed by atoms with Crippen molar-refractivity contribution in [2.45, 2.75) is 66.1 Å². The number of anilines is 1. The van der Waals surface area contributed by atoms with Crippen molar-refractivity contribution in [1.29, 1.82) is 0 Å². The number of aryl methyl sites for hydroxylation is 1. The third-order valence-electron chi connectivity index (χ3n) is 5.51. The number of nitrogens with one attached hydrogen (secondary N) is 1. The normalized spacial score (nSPS) is 12.7. The van der Waals surface area contributed by atoms with Gasteiger partial charge in [0.1, 0.15) is 12.6 Å². The van der Waals surface area contributed by atoms with Crippen molar-refractivity contribution < 1.29 is 18.0 Å². The van der Waals surface area contributed by atoms with E-state index < -0.39 is 34.1 Å². The van der Waals surface area contributed by atoms with Crippen LogP contribution in [0.1, 0.15) is 50.8 Å². The van der Waals surface area contributed by atoms with Gasteiger partial charge in [-0.2, -0.15) is 0 Å². The highest BCUT2D eigenvalue weighted by atomic mass is 35.5. The van der Waals surface area contributed by atoms with E-state index in [1.165, 1.54) is 4.90 Å². The Morgan fingerprint density at radius 1 is 1.09 bits per heavy atom. The molecule has 1 N–H and O–H groups in total. The Labute approximate surface area is 214 Å². The Morgan fingerprint density at radius 2 is 1.71 bits per heavy atom. The van der Waals surface area contributed by atoms with Crippen molar-refractivity contribution >= 4 is 39.1 Å². The highest BCUT2D eigenvalue weighted by molar-refractivity contribution is 7.92. The Hall–Kier alpha value is -2.58. The van der Waals surface area contributed by atoms with Crippen molar-refractivity contribution in [3.8, 4) is 0 Å². The van der Waals surface area contributed by atoms with Gasteiger partial charge in [0, 0.05) is 17.1 Å². The summed E-state index contributed by atoms with van der Waals surface area (Å²) in [6.07, 6.45) is 1.42. The highest BCUT2D eigenvalue weighted by Gasteiger charge is 2.33. The molecule has 0 bridgehead atoms. The van der Waals surface area contributed by atoms with Crippen molar-refractivity contribution in [3.63, 3.8) is 0 Å². The summed E-state index contributed by atoms with van der Waals surface area (Å²) in [6, 6.07) is 11.8. The number of halogens is 1. The molecule has 0 radical (unpaired) electrons. The van der Waals surface area contributed by atoms with E-state index in [-0.39, 0.29) is 12.5 Å². The number of sulfonamides is 1. The maximum Gasteiger partial charge on any atom is 0.244 e. The van der Waals surface area contributed by atoms with Crippen LogP contribution in [-0.2, 0) is 26.2 Å². The maximum atomic E-state index is 13.7. The van der Waals surface area contributed by atoms with Crippen LogP contribution in [0.3, 0.4) is 0 Å². The standard InChI is InChI=1S/C26H36ClN3O4S/c1-8-22(25(32)28-26(4,5)6)29(16-20-12-9-11-18(2)15-20)24(31)17-30(35(7,33)34)23-14-10-13-21(27)19(23)3/h9-15,22H,8,16-17H2,1-7H3,(H,28,32)/t22-/m0/s1. The van der Waals surface area contributed by atoms with Crippen LogP contribution in [0.15, 0.2) is 42.5 Å². The van der Waals surface area contributed by atoms with Gasteiger partial charge in [0.05, 0.1) is 11.9 Å². The SMILES string of the molecule is CC[C@@H](C(=O)NC(C)(C)C)N(Cc1cccc(C)c1)C(=O)CN(c1cccc(Cl)c1C)S(C)(=O)=O. The summed E-state index contributed by atoms with van der Waals surface area (Å²) in [5, 5.41) is 3.35. The van der Waals surface area contributed by atoms with Crippen molar-refractivity contribution in [2.24, 2.45) is 0 Å². The fraction of sp³-hybridized carbons (Fsp3) is 0.462. The first-order valence-electron chi connectivity index (χ1n) is 11.5. The third-order valence-corrected chi connectivity index (χ3v) is 7.04. The van der Waals surface area contributed by atoms with E-state index in [4.69, 9.17) is 11.6 Å². The molecule has 1 atom stereocenters. The molecule has 0 spiro atoms. The number of hydrogen-bond donors (Lipinski definition) is 1. The van der Waals surface area contributed by atoms with E-state index in [1.807, 2.05) is 58.9 Å². The molecule has 0 unspecified atom stereocenters. The zero-order valence-corrected chi connectivity index (χ0v) is 23.1. The summed E-state index contributed by atoms with van der Waals surface area (Å²) >= 11 is 6.24. The van der Waals surface area contributed by atoms with E-state index in [9.17, 15) is 18.0 Å². The largest absolute Gasteiger partial charge is 0.350 e. The zero-order valence-electron chi connectivity index (χ0n) is 21.6. The lowest BCUT2D eigenvalue weighted by Gasteiger charge is -2.34. The third kappa shape index (κ3) is 7.97. The molecule has 0 aliphatic rings. The number of rotatable bonds is 9. The molecule has 2 aromatic carbocycles. The van der Waals surface area contributed by atoms with Gasteiger partial charge >= 0.3 is 0 Å². The minimum absolute atomic E-state index is 0.169. The van der Waals surface area contributed by atoms with Crippen LogP contribution in [0.2, 0.25) is 5.02 Å².